The topological polar surface area (TPSA) is 86.2 Å². The van der Waals surface area contributed by atoms with Gasteiger partial charge in [0.05, 0.1) is 11.8 Å². The molecule has 4 N–H and O–H groups in total. The van der Waals surface area contributed by atoms with E-state index in [4.69, 9.17) is 11.5 Å². The van der Waals surface area contributed by atoms with E-state index in [0.717, 1.165) is 0 Å². The summed E-state index contributed by atoms with van der Waals surface area (Å²) in [6.45, 7) is 3.47. The molecule has 4 nitrogen and oxygen atoms in total. The molecule has 0 aromatic heterocycles. The molecule has 2 amide bonds. The Bertz CT molecular complexity index is 200. The highest BCUT2D eigenvalue weighted by molar-refractivity contribution is 5.97. The third-order valence-corrected chi connectivity index (χ3v) is 1.64. The molecular weight excluding hydrogens is 132 g/mol. The van der Waals surface area contributed by atoms with Crippen molar-refractivity contribution in [1.29, 1.82) is 0 Å². The number of rotatable bonds is 2. The van der Waals surface area contributed by atoms with Gasteiger partial charge < -0.3 is 11.5 Å². The van der Waals surface area contributed by atoms with Gasteiger partial charge in [-0.15, -0.1) is 0 Å². The highest BCUT2D eigenvalue weighted by atomic mass is 16.2. The minimum atomic E-state index is -0.520. The van der Waals surface area contributed by atoms with Crippen LogP contribution in [0, 0.1) is 11.8 Å². The summed E-state index contributed by atoms with van der Waals surface area (Å²) < 4.78 is 0. The first-order valence-electron chi connectivity index (χ1n) is 2.83. The van der Waals surface area contributed by atoms with Crippen LogP contribution in [0.15, 0.2) is 12.2 Å². The second-order valence-electron chi connectivity index (χ2n) is 2.33. The van der Waals surface area contributed by atoms with Gasteiger partial charge in [-0.25, -0.2) is 0 Å². The van der Waals surface area contributed by atoms with E-state index >= 15 is 0 Å². The van der Waals surface area contributed by atoms with Crippen LogP contribution in [0.4, 0.5) is 0 Å². The molecule has 0 saturated heterocycles. The molecule has 2 atom stereocenters. The Morgan fingerprint density at radius 2 is 1.50 bits per heavy atom. The van der Waals surface area contributed by atoms with Gasteiger partial charge in [-0.3, -0.25) is 9.59 Å². The number of carbonyl (C=O) groups excluding carboxylic acids is 2. The summed E-state index contributed by atoms with van der Waals surface area (Å²) in [6.07, 6.45) is 0. The molecule has 10 heavy (non-hydrogen) atoms. The molecule has 2 unspecified atom stereocenters. The van der Waals surface area contributed by atoms with Crippen LogP contribution in [-0.2, 0) is 9.59 Å². The summed E-state index contributed by atoms with van der Waals surface area (Å²) in [5.74, 6) is -2.04. The Morgan fingerprint density at radius 3 is 1.60 bits per heavy atom. The second-order valence-corrected chi connectivity index (χ2v) is 2.33. The van der Waals surface area contributed by atoms with Gasteiger partial charge in [0.1, 0.15) is 0 Å². The van der Waals surface area contributed by atoms with Gasteiger partial charge >= 0.3 is 0 Å². The number of nitrogens with two attached hydrogens (primary N) is 2. The molecular formula is C6H8N2O2. The molecule has 1 aliphatic rings. The van der Waals surface area contributed by atoms with E-state index < -0.39 is 23.7 Å². The minimum Gasteiger partial charge on any atom is -0.369 e. The molecule has 0 bridgehead atoms. The number of primary amides is 2. The summed E-state index contributed by atoms with van der Waals surface area (Å²) in [5.41, 5.74) is 10.4. The molecule has 0 aromatic carbocycles. The molecule has 0 heterocycles. The van der Waals surface area contributed by atoms with Crippen molar-refractivity contribution in [2.24, 2.45) is 23.3 Å². The van der Waals surface area contributed by atoms with E-state index in [0.29, 0.717) is 5.57 Å². The normalized spacial score (nSPS) is 29.8. The van der Waals surface area contributed by atoms with Crippen molar-refractivity contribution in [3.05, 3.63) is 12.2 Å². The minimum absolute atomic E-state index is 0.502. The van der Waals surface area contributed by atoms with Gasteiger partial charge in [0.2, 0.25) is 11.8 Å². The van der Waals surface area contributed by atoms with Crippen LogP contribution in [0.2, 0.25) is 0 Å². The predicted molar refractivity (Wildman–Crippen MR) is 34.5 cm³/mol. The molecule has 0 spiro atoms. The van der Waals surface area contributed by atoms with Crippen LogP contribution in [-0.4, -0.2) is 11.8 Å². The van der Waals surface area contributed by atoms with E-state index in [9.17, 15) is 9.59 Å². The van der Waals surface area contributed by atoms with E-state index in [-0.39, 0.29) is 0 Å². The van der Waals surface area contributed by atoms with Gasteiger partial charge in [0, 0.05) is 0 Å². The largest absolute Gasteiger partial charge is 0.369 e. The van der Waals surface area contributed by atoms with Crippen molar-refractivity contribution in [1.82, 2.24) is 0 Å². The Labute approximate surface area is 57.9 Å². The van der Waals surface area contributed by atoms with Crippen molar-refractivity contribution in [2.45, 2.75) is 0 Å². The summed E-state index contributed by atoms with van der Waals surface area (Å²) in [7, 11) is 0. The average Bonchev–Trinajstić information content (AvgIpc) is 2.40. The van der Waals surface area contributed by atoms with Crippen molar-refractivity contribution in [2.75, 3.05) is 0 Å². The lowest BCUT2D eigenvalue weighted by atomic mass is 10.3. The third kappa shape index (κ3) is 0.775. The van der Waals surface area contributed by atoms with Crippen molar-refractivity contribution in [3.63, 3.8) is 0 Å². The summed E-state index contributed by atoms with van der Waals surface area (Å²) in [4.78, 5) is 20.9. The lowest BCUT2D eigenvalue weighted by molar-refractivity contribution is -0.124. The van der Waals surface area contributed by atoms with Crippen LogP contribution < -0.4 is 11.5 Å². The monoisotopic (exact) mass is 140 g/mol. The summed E-state index contributed by atoms with van der Waals surface area (Å²) in [5, 5.41) is 0. The van der Waals surface area contributed by atoms with Crippen LogP contribution in [0.25, 0.3) is 0 Å². The van der Waals surface area contributed by atoms with Crippen molar-refractivity contribution < 1.29 is 9.59 Å². The van der Waals surface area contributed by atoms with Crippen LogP contribution in [0.5, 0.6) is 0 Å². The summed E-state index contributed by atoms with van der Waals surface area (Å²) in [6, 6.07) is 0. The standard InChI is InChI=1S/C6H8N2O2/c1-2-3(5(7)9)4(2)6(8)10/h3-4H,1H2,(H2,7,9)(H2,8,10). The van der Waals surface area contributed by atoms with E-state index in [1.54, 1.807) is 0 Å². The van der Waals surface area contributed by atoms with Gasteiger partial charge in [-0.2, -0.15) is 0 Å². The van der Waals surface area contributed by atoms with Gasteiger partial charge in [-0.05, 0) is 0 Å². The Balaban J connectivity index is 2.66. The third-order valence-electron chi connectivity index (χ3n) is 1.64. The fourth-order valence-electron chi connectivity index (χ4n) is 1.01. The predicted octanol–water partition coefficient (Wildman–Crippen LogP) is -1.24. The fraction of sp³-hybridized carbons (Fsp3) is 0.333. The zero-order valence-electron chi connectivity index (χ0n) is 5.33. The molecule has 0 aliphatic heterocycles. The maximum Gasteiger partial charge on any atom is 0.225 e. The Kier molecular flexibility index (Phi) is 1.24. The van der Waals surface area contributed by atoms with Gasteiger partial charge in [0.25, 0.3) is 0 Å². The molecule has 54 valence electrons. The fourth-order valence-corrected chi connectivity index (χ4v) is 1.01. The number of hydrogen-bond acceptors (Lipinski definition) is 2. The molecule has 1 aliphatic carbocycles. The first kappa shape index (κ1) is 6.80. The van der Waals surface area contributed by atoms with Crippen LogP contribution in [0.1, 0.15) is 0 Å². The van der Waals surface area contributed by atoms with Crippen molar-refractivity contribution >= 4 is 11.8 Å². The summed E-state index contributed by atoms with van der Waals surface area (Å²) >= 11 is 0. The van der Waals surface area contributed by atoms with Gasteiger partial charge in [-0.1, -0.05) is 12.2 Å². The molecule has 1 saturated carbocycles. The number of carbonyl (C=O) groups is 2. The highest BCUT2D eigenvalue weighted by Gasteiger charge is 2.50. The zero-order chi connectivity index (χ0) is 7.89. The molecule has 0 aromatic rings. The lowest BCUT2D eigenvalue weighted by Crippen LogP contribution is -2.20. The van der Waals surface area contributed by atoms with Crippen molar-refractivity contribution in [3.8, 4) is 0 Å². The first-order chi connectivity index (χ1) is 4.55. The maximum atomic E-state index is 10.4. The molecule has 0 radical (unpaired) electrons. The highest BCUT2D eigenvalue weighted by Crippen LogP contribution is 2.43. The zero-order valence-corrected chi connectivity index (χ0v) is 5.33. The lowest BCUT2D eigenvalue weighted by Gasteiger charge is -1.85. The van der Waals surface area contributed by atoms with Gasteiger partial charge in [0.15, 0.2) is 0 Å². The smallest absolute Gasteiger partial charge is 0.225 e. The van der Waals surface area contributed by atoms with E-state index in [1.807, 2.05) is 0 Å². The SMILES string of the molecule is C=C1C(C(N)=O)C1C(N)=O. The average molecular weight is 140 g/mol. The van der Waals surface area contributed by atoms with Crippen LogP contribution >= 0.6 is 0 Å². The number of hydrogen-bond donors (Lipinski definition) is 2. The maximum absolute atomic E-state index is 10.4. The quantitative estimate of drug-likeness (QED) is 0.470. The Morgan fingerprint density at radius 1 is 1.20 bits per heavy atom. The molecule has 1 rings (SSSR count). The van der Waals surface area contributed by atoms with E-state index in [2.05, 4.69) is 6.58 Å². The first-order valence-corrected chi connectivity index (χ1v) is 2.83. The number of amides is 2. The van der Waals surface area contributed by atoms with Crippen LogP contribution in [0.3, 0.4) is 0 Å². The Hall–Kier alpha value is -1.32. The second kappa shape index (κ2) is 1.83. The molecule has 4 heteroatoms. The van der Waals surface area contributed by atoms with E-state index in [1.165, 1.54) is 0 Å². The molecule has 1 fully saturated rings.